The SMILES string of the molecule is COC(=O)c1sc2ccccc2c1NC(=O)C[N+]1(CC(=O)Nc2ccon2)CCC2(CC2)CC1. The number of fused-ring (bicyclic) bond motifs is 1. The summed E-state index contributed by atoms with van der Waals surface area (Å²) in [5.41, 5.74) is 0.876. The number of carbonyl (C=O) groups excluding carboxylic acids is 3. The molecule has 34 heavy (non-hydrogen) atoms. The van der Waals surface area contributed by atoms with E-state index in [0.29, 0.717) is 26.3 Å². The number of thiophene rings is 1. The van der Waals surface area contributed by atoms with E-state index in [0.717, 1.165) is 36.0 Å². The van der Waals surface area contributed by atoms with Crippen molar-refractivity contribution in [3.8, 4) is 0 Å². The lowest BCUT2D eigenvalue weighted by molar-refractivity contribution is -0.919. The summed E-state index contributed by atoms with van der Waals surface area (Å²) >= 11 is 1.29. The van der Waals surface area contributed by atoms with Gasteiger partial charge in [0.05, 0.1) is 25.9 Å². The number of likely N-dealkylation sites (tertiary alicyclic amines) is 1. The van der Waals surface area contributed by atoms with Crippen LogP contribution in [0.3, 0.4) is 0 Å². The Bertz CT molecular complexity index is 1220. The number of carbonyl (C=O) groups is 3. The summed E-state index contributed by atoms with van der Waals surface area (Å²) in [4.78, 5) is 38.9. The van der Waals surface area contributed by atoms with E-state index < -0.39 is 5.97 Å². The molecule has 1 aromatic carbocycles. The summed E-state index contributed by atoms with van der Waals surface area (Å²) in [5.74, 6) is -0.559. The number of piperidine rings is 1. The van der Waals surface area contributed by atoms with E-state index in [2.05, 4.69) is 15.8 Å². The molecule has 1 saturated carbocycles. The fraction of sp³-hybridized carbons (Fsp3) is 0.417. The first-order valence-electron chi connectivity index (χ1n) is 11.4. The fourth-order valence-electron chi connectivity index (χ4n) is 4.89. The molecule has 3 heterocycles. The smallest absolute Gasteiger partial charge is 0.350 e. The van der Waals surface area contributed by atoms with Gasteiger partial charge in [-0.1, -0.05) is 23.4 Å². The Morgan fingerprint density at radius 2 is 1.76 bits per heavy atom. The second-order valence-corrected chi connectivity index (χ2v) is 10.4. The highest BCUT2D eigenvalue weighted by molar-refractivity contribution is 7.21. The first-order chi connectivity index (χ1) is 16.4. The normalized spacial score (nSPS) is 17.9. The van der Waals surface area contributed by atoms with Crippen LogP contribution in [0, 0.1) is 5.41 Å². The standard InChI is InChI=1S/C24H26N4O5S/c1-32-23(31)22-21(16-4-2-3-5-17(16)34-22)26-20(30)15-28(11-9-24(7-8-24)10-12-28)14-19(29)25-18-6-13-33-27-18/h2-6,13H,7-12,14-15H2,1H3,(H-,25,26,27,29,30,31)/p+1. The highest BCUT2D eigenvalue weighted by atomic mass is 32.1. The Morgan fingerprint density at radius 1 is 1.06 bits per heavy atom. The van der Waals surface area contributed by atoms with Gasteiger partial charge in [0, 0.05) is 29.0 Å². The topological polar surface area (TPSA) is 111 Å². The molecule has 0 bridgehead atoms. The Morgan fingerprint density at radius 3 is 2.41 bits per heavy atom. The molecule has 5 rings (SSSR count). The summed E-state index contributed by atoms with van der Waals surface area (Å²) in [6.07, 6.45) is 5.87. The van der Waals surface area contributed by atoms with Crippen molar-refractivity contribution in [3.05, 3.63) is 41.5 Å². The molecule has 10 heteroatoms. The third-order valence-electron chi connectivity index (χ3n) is 7.08. The van der Waals surface area contributed by atoms with E-state index in [1.54, 1.807) is 6.07 Å². The monoisotopic (exact) mass is 483 g/mol. The van der Waals surface area contributed by atoms with Crippen LogP contribution in [0.2, 0.25) is 0 Å². The molecule has 0 radical (unpaired) electrons. The zero-order valence-corrected chi connectivity index (χ0v) is 19.8. The van der Waals surface area contributed by atoms with Gasteiger partial charge < -0.3 is 24.4 Å². The molecule has 1 aliphatic carbocycles. The lowest BCUT2D eigenvalue weighted by atomic mass is 9.91. The minimum Gasteiger partial charge on any atom is -0.465 e. The number of methoxy groups -OCH3 is 1. The van der Waals surface area contributed by atoms with Gasteiger partial charge in [0.15, 0.2) is 18.9 Å². The number of nitrogens with zero attached hydrogens (tertiary/aromatic N) is 2. The first kappa shape index (κ1) is 22.5. The minimum atomic E-state index is -0.485. The number of quaternary nitrogens is 1. The summed E-state index contributed by atoms with van der Waals surface area (Å²) in [6, 6.07) is 9.13. The number of anilines is 2. The Hall–Kier alpha value is -3.24. The van der Waals surface area contributed by atoms with Crippen LogP contribution in [0.1, 0.15) is 35.4 Å². The van der Waals surface area contributed by atoms with E-state index in [1.165, 1.54) is 37.6 Å². The average Bonchev–Trinajstić information content (AvgIpc) is 3.21. The van der Waals surface area contributed by atoms with Crippen LogP contribution in [0.15, 0.2) is 41.1 Å². The first-order valence-corrected chi connectivity index (χ1v) is 12.2. The molecule has 1 aliphatic heterocycles. The third kappa shape index (κ3) is 4.55. The van der Waals surface area contributed by atoms with Crippen molar-refractivity contribution in [2.75, 3.05) is 43.9 Å². The maximum atomic E-state index is 13.3. The van der Waals surface area contributed by atoms with E-state index >= 15 is 0 Å². The van der Waals surface area contributed by atoms with Gasteiger partial charge in [0.1, 0.15) is 11.1 Å². The lowest BCUT2D eigenvalue weighted by Crippen LogP contribution is -2.59. The maximum Gasteiger partial charge on any atom is 0.350 e. The Balaban J connectivity index is 1.36. The molecule has 0 unspecified atom stereocenters. The minimum absolute atomic E-state index is 0.146. The van der Waals surface area contributed by atoms with Gasteiger partial charge in [-0.15, -0.1) is 11.3 Å². The highest BCUT2D eigenvalue weighted by Crippen LogP contribution is 2.54. The molecule has 178 valence electrons. The summed E-state index contributed by atoms with van der Waals surface area (Å²) < 4.78 is 11.0. The number of aromatic nitrogens is 1. The van der Waals surface area contributed by atoms with Gasteiger partial charge in [-0.2, -0.15) is 0 Å². The predicted molar refractivity (Wildman–Crippen MR) is 128 cm³/mol. The molecule has 2 aromatic heterocycles. The molecule has 1 spiro atoms. The second kappa shape index (κ2) is 8.84. The fourth-order valence-corrected chi connectivity index (χ4v) is 5.96. The van der Waals surface area contributed by atoms with Crippen LogP contribution in [-0.4, -0.2) is 60.7 Å². The Kier molecular flexibility index (Phi) is 5.86. The molecular formula is C24H27N4O5S+. The summed E-state index contributed by atoms with van der Waals surface area (Å²) in [7, 11) is 1.33. The van der Waals surface area contributed by atoms with Crippen LogP contribution in [0.25, 0.3) is 10.1 Å². The molecule has 2 N–H and O–H groups in total. The third-order valence-corrected chi connectivity index (χ3v) is 8.23. The lowest BCUT2D eigenvalue weighted by Gasteiger charge is -2.43. The number of rotatable bonds is 7. The number of ether oxygens (including phenoxy) is 1. The largest absolute Gasteiger partial charge is 0.465 e. The quantitative estimate of drug-likeness (QED) is 0.392. The van der Waals surface area contributed by atoms with Crippen LogP contribution >= 0.6 is 11.3 Å². The van der Waals surface area contributed by atoms with Crippen molar-refractivity contribution in [2.45, 2.75) is 25.7 Å². The van der Waals surface area contributed by atoms with Crippen LogP contribution < -0.4 is 10.6 Å². The molecule has 9 nitrogen and oxygen atoms in total. The molecule has 3 aromatic rings. The van der Waals surface area contributed by atoms with Crippen molar-refractivity contribution < 1.29 is 28.1 Å². The number of hydrogen-bond acceptors (Lipinski definition) is 7. The van der Waals surface area contributed by atoms with Crippen LogP contribution in [0.4, 0.5) is 11.5 Å². The number of hydrogen-bond donors (Lipinski definition) is 2. The number of benzene rings is 1. The van der Waals surface area contributed by atoms with Gasteiger partial charge in [0.2, 0.25) is 0 Å². The average molecular weight is 484 g/mol. The van der Waals surface area contributed by atoms with Gasteiger partial charge in [-0.25, -0.2) is 4.79 Å². The van der Waals surface area contributed by atoms with Gasteiger partial charge >= 0.3 is 5.97 Å². The number of esters is 1. The maximum absolute atomic E-state index is 13.3. The Labute approximate surface area is 200 Å². The van der Waals surface area contributed by atoms with Crippen molar-refractivity contribution in [2.24, 2.45) is 5.41 Å². The van der Waals surface area contributed by atoms with Gasteiger partial charge in [-0.05, 0) is 24.3 Å². The van der Waals surface area contributed by atoms with Crippen molar-refractivity contribution in [1.82, 2.24) is 5.16 Å². The molecule has 1 saturated heterocycles. The van der Waals surface area contributed by atoms with E-state index in [9.17, 15) is 14.4 Å². The summed E-state index contributed by atoms with van der Waals surface area (Å²) in [5, 5.41) is 10.3. The van der Waals surface area contributed by atoms with E-state index in [1.807, 2.05) is 24.3 Å². The van der Waals surface area contributed by atoms with Crippen molar-refractivity contribution >= 4 is 50.7 Å². The second-order valence-electron chi connectivity index (χ2n) is 9.38. The zero-order valence-electron chi connectivity index (χ0n) is 19.0. The van der Waals surface area contributed by atoms with Crippen molar-refractivity contribution in [1.29, 1.82) is 0 Å². The van der Waals surface area contributed by atoms with E-state index in [-0.39, 0.29) is 24.9 Å². The van der Waals surface area contributed by atoms with Gasteiger partial charge in [-0.3, -0.25) is 9.59 Å². The van der Waals surface area contributed by atoms with Crippen LogP contribution in [-0.2, 0) is 14.3 Å². The molecule has 0 atom stereocenters. The number of nitrogens with one attached hydrogen (secondary N) is 2. The van der Waals surface area contributed by atoms with Crippen LogP contribution in [0.5, 0.6) is 0 Å². The molecule has 2 fully saturated rings. The van der Waals surface area contributed by atoms with Crippen molar-refractivity contribution in [3.63, 3.8) is 0 Å². The highest BCUT2D eigenvalue weighted by Gasteiger charge is 2.50. The molecular weight excluding hydrogens is 456 g/mol. The summed E-state index contributed by atoms with van der Waals surface area (Å²) in [6.45, 7) is 1.83. The molecule has 2 aliphatic rings. The predicted octanol–water partition coefficient (Wildman–Crippen LogP) is 3.64. The van der Waals surface area contributed by atoms with E-state index in [4.69, 9.17) is 9.26 Å². The number of amides is 2. The zero-order chi connectivity index (χ0) is 23.8. The molecule has 2 amide bonds. The van der Waals surface area contributed by atoms with Gasteiger partial charge in [0.25, 0.3) is 11.8 Å².